The third-order valence-corrected chi connectivity index (χ3v) is 11.2. The van der Waals surface area contributed by atoms with Crippen molar-refractivity contribution in [3.05, 3.63) is 193 Å². The van der Waals surface area contributed by atoms with Crippen molar-refractivity contribution in [2.24, 2.45) is 0 Å². The van der Waals surface area contributed by atoms with Crippen LogP contribution in [0.3, 0.4) is 0 Å². The smallest absolute Gasteiger partial charge is 0.0159 e. The summed E-state index contributed by atoms with van der Waals surface area (Å²) < 4.78 is 0. The molecule has 0 heteroatoms. The van der Waals surface area contributed by atoms with Gasteiger partial charge in [0, 0.05) is 5.41 Å². The van der Waals surface area contributed by atoms with Crippen molar-refractivity contribution in [3.8, 4) is 55.6 Å². The fourth-order valence-electron chi connectivity index (χ4n) is 8.66. The molecule has 0 heterocycles. The van der Waals surface area contributed by atoms with Gasteiger partial charge in [0.2, 0.25) is 0 Å². The first-order valence-electron chi connectivity index (χ1n) is 17.9. The van der Waals surface area contributed by atoms with Gasteiger partial charge in [-0.05, 0) is 123 Å². The van der Waals surface area contributed by atoms with Crippen LogP contribution < -0.4 is 0 Å². The van der Waals surface area contributed by atoms with Crippen molar-refractivity contribution in [3.63, 3.8) is 0 Å². The minimum atomic E-state index is -0.0303. The highest BCUT2D eigenvalue weighted by Crippen LogP contribution is 2.51. The minimum Gasteiger partial charge on any atom is -0.0622 e. The number of hydrogen-bond donors (Lipinski definition) is 0. The van der Waals surface area contributed by atoms with Crippen LogP contribution in [0.5, 0.6) is 0 Å². The number of rotatable bonds is 4. The lowest BCUT2D eigenvalue weighted by Crippen LogP contribution is -2.14. The first-order chi connectivity index (χ1) is 25.0. The average Bonchev–Trinajstić information content (AvgIpc) is 3.41. The normalized spacial score (nSPS) is 13.1. The molecule has 9 aromatic rings. The summed E-state index contributed by atoms with van der Waals surface area (Å²) in [5.41, 5.74) is 15.5. The van der Waals surface area contributed by atoms with E-state index in [2.05, 4.69) is 196 Å². The summed E-state index contributed by atoms with van der Waals surface area (Å²) in [6, 6.07) is 67.4. The molecule has 0 atom stereocenters. The van der Waals surface area contributed by atoms with E-state index < -0.39 is 0 Å². The minimum absolute atomic E-state index is 0.0303. The lowest BCUT2D eigenvalue weighted by atomic mass is 9.81. The Hall–Kier alpha value is -6.24. The second kappa shape index (κ2) is 11.4. The molecule has 51 heavy (non-hydrogen) atoms. The standard InChI is InChI=1S/C51H36/c1-51(2)47-28-26-40(30-44(47)45-29-37-17-9-10-18-38(37)32-48(45)51)34-23-21-33(22-24-34)39-25-27-43-46(31-39)50(36-15-7-4-8-16-36)42-20-12-11-19-41(42)49(43)35-13-5-3-6-14-35/h3-32H,1-2H3. The van der Waals surface area contributed by atoms with E-state index in [9.17, 15) is 0 Å². The van der Waals surface area contributed by atoms with E-state index in [0.29, 0.717) is 0 Å². The topological polar surface area (TPSA) is 0 Å². The molecule has 0 nitrogen and oxygen atoms in total. The second-order valence-corrected chi connectivity index (χ2v) is 14.5. The molecule has 0 saturated carbocycles. The van der Waals surface area contributed by atoms with Crippen LogP contribution in [0.25, 0.3) is 88.0 Å². The first kappa shape index (κ1) is 29.7. The zero-order valence-electron chi connectivity index (χ0n) is 28.8. The summed E-state index contributed by atoms with van der Waals surface area (Å²) in [5.74, 6) is 0. The molecule has 0 unspecified atom stereocenters. The van der Waals surface area contributed by atoms with Crippen LogP contribution in [0.1, 0.15) is 25.0 Å². The third-order valence-electron chi connectivity index (χ3n) is 11.2. The van der Waals surface area contributed by atoms with E-state index in [1.54, 1.807) is 0 Å². The van der Waals surface area contributed by atoms with Crippen LogP contribution in [0.4, 0.5) is 0 Å². The average molecular weight is 649 g/mol. The van der Waals surface area contributed by atoms with E-state index in [-0.39, 0.29) is 5.41 Å². The van der Waals surface area contributed by atoms with E-state index >= 15 is 0 Å². The lowest BCUT2D eigenvalue weighted by Gasteiger charge is -2.22. The van der Waals surface area contributed by atoms with Crippen LogP contribution in [-0.4, -0.2) is 0 Å². The fourth-order valence-corrected chi connectivity index (χ4v) is 8.66. The predicted molar refractivity (Wildman–Crippen MR) is 218 cm³/mol. The molecule has 0 aromatic heterocycles. The summed E-state index contributed by atoms with van der Waals surface area (Å²) in [6.45, 7) is 4.72. The Morgan fingerprint density at radius 2 is 0.745 bits per heavy atom. The fraction of sp³-hybridized carbons (Fsp3) is 0.0588. The monoisotopic (exact) mass is 648 g/mol. The molecule has 1 aliphatic rings. The van der Waals surface area contributed by atoms with E-state index in [0.717, 1.165) is 0 Å². The van der Waals surface area contributed by atoms with Gasteiger partial charge in [0.25, 0.3) is 0 Å². The zero-order valence-corrected chi connectivity index (χ0v) is 28.8. The van der Waals surface area contributed by atoms with Gasteiger partial charge in [0.15, 0.2) is 0 Å². The summed E-state index contributed by atoms with van der Waals surface area (Å²) >= 11 is 0. The van der Waals surface area contributed by atoms with Gasteiger partial charge in [-0.1, -0.05) is 172 Å². The first-order valence-corrected chi connectivity index (χ1v) is 17.9. The van der Waals surface area contributed by atoms with Crippen molar-refractivity contribution in [2.75, 3.05) is 0 Å². The molecule has 9 aromatic carbocycles. The van der Waals surface area contributed by atoms with Gasteiger partial charge in [0.1, 0.15) is 0 Å². The molecule has 0 radical (unpaired) electrons. The molecule has 0 fully saturated rings. The van der Waals surface area contributed by atoms with Crippen LogP contribution in [0.2, 0.25) is 0 Å². The molecule has 1 aliphatic carbocycles. The quantitative estimate of drug-likeness (QED) is 0.167. The van der Waals surface area contributed by atoms with Crippen LogP contribution >= 0.6 is 0 Å². The SMILES string of the molecule is CC1(C)c2ccc(-c3ccc(-c4ccc5c(-c6ccccc6)c6ccccc6c(-c6ccccc6)c5c4)cc3)cc2-c2cc3ccccc3cc21. The number of benzene rings is 9. The van der Waals surface area contributed by atoms with Gasteiger partial charge in [-0.15, -0.1) is 0 Å². The Morgan fingerprint density at radius 1 is 0.294 bits per heavy atom. The molecule has 240 valence electrons. The summed E-state index contributed by atoms with van der Waals surface area (Å²) in [4.78, 5) is 0. The van der Waals surface area contributed by atoms with E-state index in [4.69, 9.17) is 0 Å². The van der Waals surface area contributed by atoms with Crippen molar-refractivity contribution >= 4 is 32.3 Å². The van der Waals surface area contributed by atoms with Crippen LogP contribution in [-0.2, 0) is 5.41 Å². The highest BCUT2D eigenvalue weighted by molar-refractivity contribution is 6.22. The Labute approximate surface area is 299 Å². The molecule has 0 saturated heterocycles. The summed E-state index contributed by atoms with van der Waals surface area (Å²) in [5, 5.41) is 7.70. The predicted octanol–water partition coefficient (Wildman–Crippen LogP) is 14.1. The molecule has 0 amide bonds. The third kappa shape index (κ3) is 4.68. The summed E-state index contributed by atoms with van der Waals surface area (Å²) in [7, 11) is 0. The van der Waals surface area contributed by atoms with Crippen molar-refractivity contribution in [1.82, 2.24) is 0 Å². The van der Waals surface area contributed by atoms with Crippen molar-refractivity contribution < 1.29 is 0 Å². The van der Waals surface area contributed by atoms with E-state index in [1.807, 2.05) is 0 Å². The Morgan fingerprint density at radius 3 is 1.37 bits per heavy atom. The largest absolute Gasteiger partial charge is 0.0622 e. The Balaban J connectivity index is 1.10. The van der Waals surface area contributed by atoms with Gasteiger partial charge in [-0.25, -0.2) is 0 Å². The van der Waals surface area contributed by atoms with Crippen LogP contribution in [0.15, 0.2) is 182 Å². The van der Waals surface area contributed by atoms with Gasteiger partial charge in [-0.2, -0.15) is 0 Å². The second-order valence-electron chi connectivity index (χ2n) is 14.5. The Bertz CT molecular complexity index is 2790. The van der Waals surface area contributed by atoms with Gasteiger partial charge in [0.05, 0.1) is 0 Å². The molecule has 0 N–H and O–H groups in total. The van der Waals surface area contributed by atoms with Crippen molar-refractivity contribution in [2.45, 2.75) is 19.3 Å². The number of fused-ring (bicyclic) bond motifs is 6. The van der Waals surface area contributed by atoms with Crippen molar-refractivity contribution in [1.29, 1.82) is 0 Å². The van der Waals surface area contributed by atoms with E-state index in [1.165, 1.54) is 99.1 Å². The highest BCUT2D eigenvalue weighted by atomic mass is 14.4. The molecular weight excluding hydrogens is 613 g/mol. The van der Waals surface area contributed by atoms with Gasteiger partial charge in [-0.3, -0.25) is 0 Å². The maximum Gasteiger partial charge on any atom is 0.0159 e. The molecular formula is C51H36. The number of hydrogen-bond acceptors (Lipinski definition) is 0. The van der Waals surface area contributed by atoms with Crippen LogP contribution in [0, 0.1) is 0 Å². The lowest BCUT2D eigenvalue weighted by molar-refractivity contribution is 0.661. The molecule has 0 aliphatic heterocycles. The van der Waals surface area contributed by atoms with Gasteiger partial charge < -0.3 is 0 Å². The van der Waals surface area contributed by atoms with Gasteiger partial charge >= 0.3 is 0 Å². The molecule has 10 rings (SSSR count). The summed E-state index contributed by atoms with van der Waals surface area (Å²) in [6.07, 6.45) is 0. The highest BCUT2D eigenvalue weighted by Gasteiger charge is 2.35. The Kier molecular flexibility index (Phi) is 6.63. The zero-order chi connectivity index (χ0) is 34.1. The molecule has 0 bridgehead atoms. The maximum absolute atomic E-state index is 2.41. The maximum atomic E-state index is 2.41. The molecule has 0 spiro atoms.